The molecule has 17 nitrogen and oxygen atoms in total. The lowest BCUT2D eigenvalue weighted by Gasteiger charge is -2.21. The monoisotopic (exact) mass is 1430 g/mol. The topological polar surface area (TPSA) is 237 Å². The number of allylic oxidation sites excluding steroid dienone is 8. The quantitative estimate of drug-likeness (QED) is 0.0169. The molecule has 3 N–H and O–H groups in total. The lowest BCUT2D eigenvalue weighted by Crippen LogP contribution is -2.30. The number of aliphatic hydroxyl groups excluding tert-OH is 1. The van der Waals surface area contributed by atoms with Crippen LogP contribution in [0.4, 0.5) is 0 Å². The highest BCUT2D eigenvalue weighted by Crippen LogP contribution is 2.45. The summed E-state index contributed by atoms with van der Waals surface area (Å²) in [6, 6.07) is 0. The van der Waals surface area contributed by atoms with Crippen molar-refractivity contribution in [3.63, 3.8) is 0 Å². The predicted molar refractivity (Wildman–Crippen MR) is 400 cm³/mol. The lowest BCUT2D eigenvalue weighted by atomic mass is 10.1. The number of phosphoric acid groups is 2. The van der Waals surface area contributed by atoms with E-state index in [0.29, 0.717) is 25.7 Å². The number of rotatable bonds is 76. The number of hydrogen-bond donors (Lipinski definition) is 3. The van der Waals surface area contributed by atoms with E-state index in [1.165, 1.54) is 141 Å². The van der Waals surface area contributed by atoms with E-state index in [1.807, 2.05) is 0 Å². The fourth-order valence-corrected chi connectivity index (χ4v) is 12.7. The number of esters is 4. The molecule has 98 heavy (non-hydrogen) atoms. The van der Waals surface area contributed by atoms with Crippen LogP contribution >= 0.6 is 15.6 Å². The summed E-state index contributed by atoms with van der Waals surface area (Å²) >= 11 is 0. The Bertz CT molecular complexity index is 2050. The molecule has 5 atom stereocenters. The van der Waals surface area contributed by atoms with Gasteiger partial charge in [-0.25, -0.2) is 9.13 Å². The van der Waals surface area contributed by atoms with Crippen LogP contribution in [0.3, 0.4) is 0 Å². The molecule has 574 valence electrons. The van der Waals surface area contributed by atoms with E-state index in [1.54, 1.807) is 0 Å². The van der Waals surface area contributed by atoms with Crippen molar-refractivity contribution in [1.82, 2.24) is 0 Å². The summed E-state index contributed by atoms with van der Waals surface area (Å²) in [6.45, 7) is 4.88. The second kappa shape index (κ2) is 72.4. The molecule has 0 saturated carbocycles. The summed E-state index contributed by atoms with van der Waals surface area (Å²) in [5, 5.41) is 10.6. The first kappa shape index (κ1) is 95.0. The van der Waals surface area contributed by atoms with Crippen LogP contribution in [0.1, 0.15) is 374 Å². The Morgan fingerprint density at radius 2 is 0.469 bits per heavy atom. The summed E-state index contributed by atoms with van der Waals surface area (Å²) in [5.74, 6) is -2.18. The Balaban J connectivity index is 5.33. The van der Waals surface area contributed by atoms with Gasteiger partial charge in [0.2, 0.25) is 0 Å². The maximum atomic E-state index is 13.1. The molecule has 0 saturated heterocycles. The van der Waals surface area contributed by atoms with E-state index in [4.69, 9.17) is 37.0 Å². The third-order valence-corrected chi connectivity index (χ3v) is 19.1. The second-order valence-electron chi connectivity index (χ2n) is 27.0. The van der Waals surface area contributed by atoms with E-state index in [0.717, 1.165) is 154 Å². The lowest BCUT2D eigenvalue weighted by molar-refractivity contribution is -0.161. The fourth-order valence-electron chi connectivity index (χ4n) is 11.1. The Morgan fingerprint density at radius 1 is 0.276 bits per heavy atom. The minimum absolute atomic E-state index is 0.0879. The van der Waals surface area contributed by atoms with E-state index in [9.17, 15) is 43.2 Å². The first-order chi connectivity index (χ1) is 47.7. The van der Waals surface area contributed by atoms with Gasteiger partial charge < -0.3 is 33.8 Å². The molecule has 0 aliphatic rings. The minimum atomic E-state index is -4.97. The summed E-state index contributed by atoms with van der Waals surface area (Å²) in [4.78, 5) is 72.9. The zero-order valence-electron chi connectivity index (χ0n) is 62.7. The van der Waals surface area contributed by atoms with Crippen LogP contribution in [-0.2, 0) is 65.4 Å². The standard InChI is InChI=1S/C79H146O17P2/c1-5-9-13-17-21-25-29-33-36-40-43-47-51-55-59-63-76(81)89-69-74(95-78(83)65-61-57-53-49-45-39-32-28-24-20-16-12-8-4)71-93-97(85,86)91-67-73(80)68-92-98(87,88)94-72-75(96-79(84)66-62-58-54-50-46-42-38-35-31-27-23-19-15-11-7-3)70-90-77(82)64-60-56-52-48-44-41-37-34-30-26-22-18-14-10-6-2/h28,32-38,73-75,80H,5-27,29-31,39-72H2,1-4H3,(H,85,86)(H,87,88)/b32-28-,36-33-,37-34-,38-35-/t73-,74-,75-/m1/s1. The second-order valence-corrected chi connectivity index (χ2v) is 29.9. The molecule has 0 aromatic heterocycles. The Kier molecular flexibility index (Phi) is 70.2. The zero-order valence-corrected chi connectivity index (χ0v) is 64.5. The molecular weight excluding hydrogens is 1280 g/mol. The molecule has 0 heterocycles. The van der Waals surface area contributed by atoms with E-state index in [-0.39, 0.29) is 25.7 Å². The van der Waals surface area contributed by atoms with Crippen LogP contribution in [0.15, 0.2) is 48.6 Å². The molecule has 0 radical (unpaired) electrons. The number of carbonyl (C=O) groups is 4. The molecule has 0 fully saturated rings. The molecule has 0 bridgehead atoms. The van der Waals surface area contributed by atoms with Gasteiger partial charge in [-0.1, -0.05) is 269 Å². The van der Waals surface area contributed by atoms with Gasteiger partial charge >= 0.3 is 39.5 Å². The zero-order chi connectivity index (χ0) is 71.8. The van der Waals surface area contributed by atoms with Crippen molar-refractivity contribution in [2.75, 3.05) is 39.6 Å². The van der Waals surface area contributed by atoms with Crippen molar-refractivity contribution in [1.29, 1.82) is 0 Å². The van der Waals surface area contributed by atoms with Gasteiger partial charge in [0.15, 0.2) is 12.2 Å². The molecule has 0 aliphatic carbocycles. The van der Waals surface area contributed by atoms with Crippen LogP contribution in [0.2, 0.25) is 0 Å². The Morgan fingerprint density at radius 3 is 0.714 bits per heavy atom. The SMILES string of the molecule is CCCCCC/C=C\CCCCCCCC(=O)O[C@H](COC(=O)CCCCCCC/C=C\CCCCCCCC)COP(=O)(O)OC[C@@H](O)COP(=O)(O)OC[C@@H](COC(=O)CCCCCCC/C=C\CCCCCCCC)OC(=O)CCCCCCC/C=C\CCCCCCCC. The smallest absolute Gasteiger partial charge is 0.462 e. The Hall–Kier alpha value is -2.98. The number of ether oxygens (including phenoxy) is 4. The normalized spacial score (nSPS) is 14.2. The van der Waals surface area contributed by atoms with Crippen LogP contribution in [0.25, 0.3) is 0 Å². The van der Waals surface area contributed by atoms with Gasteiger partial charge in [0.05, 0.1) is 26.4 Å². The molecule has 0 aromatic rings. The van der Waals surface area contributed by atoms with Crippen molar-refractivity contribution in [2.24, 2.45) is 0 Å². The first-order valence-electron chi connectivity index (χ1n) is 39.9. The molecule has 19 heteroatoms. The number of hydrogen-bond acceptors (Lipinski definition) is 15. The van der Waals surface area contributed by atoms with Gasteiger partial charge in [-0.15, -0.1) is 0 Å². The average molecular weight is 1430 g/mol. The van der Waals surface area contributed by atoms with Crippen LogP contribution in [0.5, 0.6) is 0 Å². The van der Waals surface area contributed by atoms with E-state index >= 15 is 0 Å². The van der Waals surface area contributed by atoms with E-state index in [2.05, 4.69) is 76.3 Å². The summed E-state index contributed by atoms with van der Waals surface area (Å²) < 4.78 is 68.5. The number of aliphatic hydroxyl groups is 1. The van der Waals surface area contributed by atoms with Crippen molar-refractivity contribution in [2.45, 2.75) is 393 Å². The number of phosphoric ester groups is 2. The van der Waals surface area contributed by atoms with E-state index < -0.39 is 97.5 Å². The fraction of sp³-hybridized carbons (Fsp3) is 0.848. The third kappa shape index (κ3) is 71.4. The van der Waals surface area contributed by atoms with Gasteiger partial charge in [0, 0.05) is 25.7 Å². The van der Waals surface area contributed by atoms with Crippen LogP contribution < -0.4 is 0 Å². The number of unbranched alkanes of at least 4 members (excludes halogenated alkanes) is 42. The van der Waals surface area contributed by atoms with Crippen molar-refractivity contribution >= 4 is 39.5 Å². The molecule has 2 unspecified atom stereocenters. The first-order valence-corrected chi connectivity index (χ1v) is 42.9. The highest BCUT2D eigenvalue weighted by molar-refractivity contribution is 7.47. The third-order valence-electron chi connectivity index (χ3n) is 17.2. The van der Waals surface area contributed by atoms with Crippen LogP contribution in [0, 0.1) is 0 Å². The average Bonchev–Trinajstić information content (AvgIpc) is 1.07. The molecular formula is C79H146O17P2. The van der Waals surface area contributed by atoms with Gasteiger partial charge in [-0.3, -0.25) is 37.3 Å². The summed E-state index contributed by atoms with van der Waals surface area (Å²) in [6.07, 6.45) is 69.4. The molecule has 0 aliphatic heterocycles. The van der Waals surface area contributed by atoms with Gasteiger partial charge in [-0.2, -0.15) is 0 Å². The largest absolute Gasteiger partial charge is 0.472 e. The van der Waals surface area contributed by atoms with Gasteiger partial charge in [0.25, 0.3) is 0 Å². The maximum Gasteiger partial charge on any atom is 0.472 e. The highest BCUT2D eigenvalue weighted by atomic mass is 31.2. The van der Waals surface area contributed by atoms with Crippen molar-refractivity contribution < 1.29 is 80.2 Å². The highest BCUT2D eigenvalue weighted by Gasteiger charge is 2.30. The molecule has 0 rings (SSSR count). The minimum Gasteiger partial charge on any atom is -0.462 e. The molecule has 0 amide bonds. The van der Waals surface area contributed by atoms with Crippen molar-refractivity contribution in [3.05, 3.63) is 48.6 Å². The maximum absolute atomic E-state index is 13.1. The van der Waals surface area contributed by atoms with Gasteiger partial charge in [-0.05, 0) is 128 Å². The van der Waals surface area contributed by atoms with Gasteiger partial charge in [0.1, 0.15) is 19.3 Å². The number of carbonyl (C=O) groups excluding carboxylic acids is 4. The Labute approximate surface area is 597 Å². The molecule has 0 aromatic carbocycles. The van der Waals surface area contributed by atoms with Crippen LogP contribution in [-0.4, -0.2) is 96.7 Å². The summed E-state index contributed by atoms with van der Waals surface area (Å²) in [5.41, 5.74) is 0. The van der Waals surface area contributed by atoms with Crippen molar-refractivity contribution in [3.8, 4) is 0 Å². The summed E-state index contributed by atoms with van der Waals surface area (Å²) in [7, 11) is -9.94. The predicted octanol–water partition coefficient (Wildman–Crippen LogP) is 22.9. The molecule has 0 spiro atoms.